The fourth-order valence-electron chi connectivity index (χ4n) is 2.31. The lowest BCUT2D eigenvalue weighted by Gasteiger charge is -2.07. The molecule has 0 radical (unpaired) electrons. The third-order valence-electron chi connectivity index (χ3n) is 3.48. The van der Waals surface area contributed by atoms with Crippen LogP contribution in [0.25, 0.3) is 0 Å². The second-order valence-electron chi connectivity index (χ2n) is 5.18. The molecule has 1 heterocycles. The van der Waals surface area contributed by atoms with E-state index in [-0.39, 0.29) is 17.2 Å². The predicted molar refractivity (Wildman–Crippen MR) is 79.8 cm³/mol. The quantitative estimate of drug-likeness (QED) is 0.768. The lowest BCUT2D eigenvalue weighted by atomic mass is 10.2. The molecule has 6 nitrogen and oxygen atoms in total. The van der Waals surface area contributed by atoms with Gasteiger partial charge in [0.05, 0.1) is 17.9 Å². The predicted octanol–water partition coefficient (Wildman–Crippen LogP) is 1.60. The van der Waals surface area contributed by atoms with Crippen molar-refractivity contribution in [2.45, 2.75) is 63.4 Å². The lowest BCUT2D eigenvalue weighted by molar-refractivity contribution is -0.121. The van der Waals surface area contributed by atoms with Gasteiger partial charge in [-0.1, -0.05) is 13.8 Å². The molecule has 1 aliphatic carbocycles. The molecule has 0 atom stereocenters. The van der Waals surface area contributed by atoms with Crippen molar-refractivity contribution in [3.8, 4) is 0 Å². The first-order chi connectivity index (χ1) is 9.86. The smallest absolute Gasteiger partial charge is 0.264 e. The first kappa shape index (κ1) is 16.3. The van der Waals surface area contributed by atoms with E-state index in [1.54, 1.807) is 4.68 Å². The van der Waals surface area contributed by atoms with Crippen molar-refractivity contribution in [2.24, 2.45) is 0 Å². The van der Waals surface area contributed by atoms with Crippen molar-refractivity contribution in [2.75, 3.05) is 0 Å². The Balaban J connectivity index is 2.18. The Labute approximate surface area is 129 Å². The van der Waals surface area contributed by atoms with E-state index in [9.17, 15) is 13.2 Å². The van der Waals surface area contributed by atoms with E-state index in [1.165, 1.54) is 0 Å². The number of hydrogen-bond acceptors (Lipinski definition) is 4. The Morgan fingerprint density at radius 2 is 2.05 bits per heavy atom. The Bertz CT molecular complexity index is 635. The van der Waals surface area contributed by atoms with E-state index in [2.05, 4.69) is 10.4 Å². The van der Waals surface area contributed by atoms with E-state index < -0.39 is 9.05 Å². The van der Waals surface area contributed by atoms with Crippen LogP contribution in [0.2, 0.25) is 0 Å². The highest BCUT2D eigenvalue weighted by molar-refractivity contribution is 8.13. The van der Waals surface area contributed by atoms with Gasteiger partial charge in [0, 0.05) is 23.1 Å². The van der Waals surface area contributed by atoms with Gasteiger partial charge in [0.25, 0.3) is 9.05 Å². The van der Waals surface area contributed by atoms with Gasteiger partial charge < -0.3 is 5.32 Å². The Hall–Kier alpha value is -1.08. The maximum absolute atomic E-state index is 11.7. The summed E-state index contributed by atoms with van der Waals surface area (Å²) in [4.78, 5) is 11.8. The van der Waals surface area contributed by atoms with Crippen LogP contribution in [-0.2, 0) is 33.2 Å². The molecular weight excluding hydrogens is 314 g/mol. The Morgan fingerprint density at radius 1 is 1.38 bits per heavy atom. The van der Waals surface area contributed by atoms with Crippen LogP contribution in [0.15, 0.2) is 4.90 Å². The first-order valence-electron chi connectivity index (χ1n) is 7.19. The van der Waals surface area contributed by atoms with Gasteiger partial charge in [-0.3, -0.25) is 9.48 Å². The van der Waals surface area contributed by atoms with Gasteiger partial charge in [-0.25, -0.2) is 8.42 Å². The van der Waals surface area contributed by atoms with Gasteiger partial charge in [-0.2, -0.15) is 5.10 Å². The summed E-state index contributed by atoms with van der Waals surface area (Å²) < 4.78 is 25.1. The monoisotopic (exact) mass is 333 g/mol. The third-order valence-corrected chi connectivity index (χ3v) is 4.91. The standard InChI is InChI=1S/C13H20ClN3O3S/c1-3-10-13(21(14,19)20)11(4-2)17(16-10)8-7-12(18)15-9-5-6-9/h9H,3-8H2,1-2H3,(H,15,18). The molecule has 1 aromatic rings. The second kappa shape index (κ2) is 6.36. The average Bonchev–Trinajstić information content (AvgIpc) is 3.12. The Kier molecular flexibility index (Phi) is 4.93. The van der Waals surface area contributed by atoms with Crippen molar-refractivity contribution in [3.05, 3.63) is 11.4 Å². The fourth-order valence-corrected chi connectivity index (χ4v) is 3.84. The highest BCUT2D eigenvalue weighted by Crippen LogP contribution is 2.25. The summed E-state index contributed by atoms with van der Waals surface area (Å²) in [6, 6.07) is 0.325. The zero-order valence-electron chi connectivity index (χ0n) is 12.2. The third kappa shape index (κ3) is 3.97. The number of aryl methyl sites for hydroxylation is 2. The molecule has 0 spiro atoms. The molecule has 2 rings (SSSR count). The van der Waals surface area contributed by atoms with Gasteiger partial charge >= 0.3 is 0 Å². The van der Waals surface area contributed by atoms with Crippen LogP contribution in [0.1, 0.15) is 44.5 Å². The van der Waals surface area contributed by atoms with E-state index in [0.29, 0.717) is 36.8 Å². The summed E-state index contributed by atoms with van der Waals surface area (Å²) in [7, 11) is 1.69. The summed E-state index contributed by atoms with van der Waals surface area (Å²) >= 11 is 0. The van der Waals surface area contributed by atoms with E-state index in [1.807, 2.05) is 13.8 Å². The molecule has 0 unspecified atom stereocenters. The fraction of sp³-hybridized carbons (Fsp3) is 0.692. The van der Waals surface area contributed by atoms with Crippen LogP contribution in [0, 0.1) is 0 Å². The van der Waals surface area contributed by atoms with Crippen LogP contribution < -0.4 is 5.32 Å². The van der Waals surface area contributed by atoms with Gasteiger partial charge in [0.1, 0.15) is 4.90 Å². The number of nitrogens with zero attached hydrogens (tertiary/aromatic N) is 2. The molecule has 1 fully saturated rings. The summed E-state index contributed by atoms with van der Waals surface area (Å²) in [5, 5.41) is 7.21. The molecule has 0 aliphatic heterocycles. The van der Waals surface area contributed by atoms with E-state index >= 15 is 0 Å². The van der Waals surface area contributed by atoms with E-state index in [0.717, 1.165) is 12.8 Å². The summed E-state index contributed by atoms with van der Waals surface area (Å²) in [5.41, 5.74) is 1.03. The molecule has 0 bridgehead atoms. The highest BCUT2D eigenvalue weighted by atomic mass is 35.7. The molecule has 1 aliphatic rings. The zero-order chi connectivity index (χ0) is 15.6. The number of carbonyl (C=O) groups excluding carboxylic acids is 1. The van der Waals surface area contributed by atoms with Crippen molar-refractivity contribution < 1.29 is 13.2 Å². The van der Waals surface area contributed by atoms with Gasteiger partial charge in [0.2, 0.25) is 5.91 Å². The summed E-state index contributed by atoms with van der Waals surface area (Å²) in [6.45, 7) is 4.04. The molecule has 8 heteroatoms. The first-order valence-corrected chi connectivity index (χ1v) is 9.50. The molecule has 0 saturated heterocycles. The molecule has 1 amide bonds. The van der Waals surface area contributed by atoms with Crippen LogP contribution >= 0.6 is 10.7 Å². The van der Waals surface area contributed by atoms with Crippen molar-refractivity contribution in [1.82, 2.24) is 15.1 Å². The van der Waals surface area contributed by atoms with Gasteiger partial charge in [-0.15, -0.1) is 0 Å². The van der Waals surface area contributed by atoms with Crippen molar-refractivity contribution >= 4 is 25.6 Å². The molecular formula is C13H20ClN3O3S. The molecule has 1 aromatic heterocycles. The normalized spacial score (nSPS) is 15.2. The van der Waals surface area contributed by atoms with Gasteiger partial charge in [-0.05, 0) is 25.7 Å². The molecule has 1 N–H and O–H groups in total. The van der Waals surface area contributed by atoms with Crippen LogP contribution in [0.5, 0.6) is 0 Å². The van der Waals surface area contributed by atoms with Crippen molar-refractivity contribution in [1.29, 1.82) is 0 Å². The summed E-state index contributed by atoms with van der Waals surface area (Å²) in [6.07, 6.45) is 3.36. The number of amides is 1. The van der Waals surface area contributed by atoms with Crippen molar-refractivity contribution in [3.63, 3.8) is 0 Å². The summed E-state index contributed by atoms with van der Waals surface area (Å²) in [5.74, 6) is -0.0246. The number of halogens is 1. The second-order valence-corrected chi connectivity index (χ2v) is 7.69. The average molecular weight is 334 g/mol. The maximum Gasteiger partial charge on any atom is 0.264 e. The number of carbonyl (C=O) groups is 1. The number of aromatic nitrogens is 2. The largest absolute Gasteiger partial charge is 0.353 e. The molecule has 0 aromatic carbocycles. The minimum atomic E-state index is -3.83. The topological polar surface area (TPSA) is 81.1 Å². The highest BCUT2D eigenvalue weighted by Gasteiger charge is 2.26. The van der Waals surface area contributed by atoms with Crippen LogP contribution in [0.4, 0.5) is 0 Å². The van der Waals surface area contributed by atoms with Crippen LogP contribution in [0.3, 0.4) is 0 Å². The van der Waals surface area contributed by atoms with E-state index in [4.69, 9.17) is 10.7 Å². The lowest BCUT2D eigenvalue weighted by Crippen LogP contribution is -2.26. The van der Waals surface area contributed by atoms with Crippen LogP contribution in [-0.4, -0.2) is 30.1 Å². The minimum Gasteiger partial charge on any atom is -0.353 e. The SMILES string of the molecule is CCc1nn(CCC(=O)NC2CC2)c(CC)c1S(=O)(=O)Cl. The minimum absolute atomic E-state index is 0.0246. The molecule has 118 valence electrons. The maximum atomic E-state index is 11.7. The number of rotatable bonds is 7. The number of hydrogen-bond donors (Lipinski definition) is 1. The zero-order valence-corrected chi connectivity index (χ0v) is 13.8. The Morgan fingerprint density at radius 3 is 2.52 bits per heavy atom. The molecule has 1 saturated carbocycles. The van der Waals surface area contributed by atoms with Gasteiger partial charge in [0.15, 0.2) is 0 Å². The molecule has 21 heavy (non-hydrogen) atoms. The number of nitrogens with one attached hydrogen (secondary N) is 1.